The summed E-state index contributed by atoms with van der Waals surface area (Å²) < 4.78 is 33.4. The lowest BCUT2D eigenvalue weighted by atomic mass is 9.96. The van der Waals surface area contributed by atoms with Crippen molar-refractivity contribution in [3.8, 4) is 11.5 Å². The van der Waals surface area contributed by atoms with E-state index in [9.17, 15) is 14.4 Å². The largest absolute Gasteiger partial charge is 0.492 e. The van der Waals surface area contributed by atoms with Crippen LogP contribution in [0, 0.1) is 0 Å². The molecule has 0 radical (unpaired) electrons. The molecule has 0 N–H and O–H groups in total. The molecule has 0 saturated carbocycles. The van der Waals surface area contributed by atoms with Crippen LogP contribution in [-0.2, 0) is 11.2 Å². The Morgan fingerprint density at radius 2 is 1.47 bits per heavy atom. The predicted octanol–water partition coefficient (Wildman–Crippen LogP) is 7.40. The number of furan rings is 1. The number of carbonyl (C=O) groups excluding carboxylic acids is 1. The number of methoxy groups -OCH3 is 1. The number of hydrogen-bond donors (Lipinski definition) is 0. The average molecular weight is 609 g/mol. The number of carbonyl (C=O) groups is 1. The van der Waals surface area contributed by atoms with Gasteiger partial charge in [0.15, 0.2) is 5.75 Å². The highest BCUT2D eigenvalue weighted by molar-refractivity contribution is 5.97. The third-order valence-corrected chi connectivity index (χ3v) is 7.76. The first-order valence-corrected chi connectivity index (χ1v) is 14.6. The molecule has 0 aliphatic carbocycles. The van der Waals surface area contributed by atoms with Crippen molar-refractivity contribution >= 4 is 38.9 Å². The van der Waals surface area contributed by atoms with E-state index in [0.717, 1.165) is 33.2 Å². The number of fused-ring (bicyclic) bond motifs is 4. The van der Waals surface area contributed by atoms with E-state index in [1.807, 2.05) is 45.9 Å². The van der Waals surface area contributed by atoms with Crippen LogP contribution in [0.2, 0.25) is 0 Å². The molecule has 1 aliphatic rings. The topological polar surface area (TPSA) is 118 Å². The second-order valence-corrected chi connectivity index (χ2v) is 11.7. The fraction of sp³-hybridized carbons (Fsp3) is 0.250. The summed E-state index contributed by atoms with van der Waals surface area (Å²) in [6.07, 6.45) is 0.285. The van der Waals surface area contributed by atoms with Crippen LogP contribution in [0.25, 0.3) is 32.9 Å². The van der Waals surface area contributed by atoms with Gasteiger partial charge in [-0.1, -0.05) is 32.0 Å². The third-order valence-electron chi connectivity index (χ3n) is 7.76. The van der Waals surface area contributed by atoms with E-state index >= 15 is 0 Å². The van der Waals surface area contributed by atoms with Gasteiger partial charge in [0.2, 0.25) is 0 Å². The molecule has 0 bridgehead atoms. The number of hydrogen-bond acceptors (Lipinski definition) is 9. The number of ether oxygens (including phenoxy) is 3. The van der Waals surface area contributed by atoms with Gasteiger partial charge in [0, 0.05) is 47.4 Å². The van der Waals surface area contributed by atoms with Crippen LogP contribution in [0.4, 0.5) is 0 Å². The van der Waals surface area contributed by atoms with Gasteiger partial charge in [-0.25, -0.2) is 14.4 Å². The highest BCUT2D eigenvalue weighted by Crippen LogP contribution is 2.39. The second-order valence-electron chi connectivity index (χ2n) is 11.7. The molecular formula is C36H32O9. The second kappa shape index (κ2) is 11.6. The fourth-order valence-electron chi connectivity index (χ4n) is 5.38. The summed E-state index contributed by atoms with van der Waals surface area (Å²) >= 11 is 0. The molecular weight excluding hydrogens is 576 g/mol. The first-order chi connectivity index (χ1) is 21.5. The minimum Gasteiger partial charge on any atom is -0.492 e. The molecule has 9 heteroatoms. The normalized spacial score (nSPS) is 14.2. The maximum Gasteiger partial charge on any atom is 0.338 e. The molecule has 1 aliphatic heterocycles. The molecule has 3 aromatic carbocycles. The van der Waals surface area contributed by atoms with Crippen LogP contribution in [0.15, 0.2) is 102 Å². The Morgan fingerprint density at radius 1 is 0.822 bits per heavy atom. The Kier molecular flexibility index (Phi) is 7.70. The summed E-state index contributed by atoms with van der Waals surface area (Å²) in [5.41, 5.74) is 1.59. The summed E-state index contributed by atoms with van der Waals surface area (Å²) in [6, 6.07) is 22.5. The van der Waals surface area contributed by atoms with Gasteiger partial charge in [-0.3, -0.25) is 0 Å². The monoisotopic (exact) mass is 608 g/mol. The highest BCUT2D eigenvalue weighted by Gasteiger charge is 2.40. The summed E-state index contributed by atoms with van der Waals surface area (Å²) in [5.74, 6) is 2.04. The minimum atomic E-state index is -0.820. The quantitative estimate of drug-likeness (QED) is 0.146. The molecule has 0 saturated heterocycles. The van der Waals surface area contributed by atoms with Crippen LogP contribution in [-0.4, -0.2) is 24.8 Å². The smallest absolute Gasteiger partial charge is 0.338 e. The lowest BCUT2D eigenvalue weighted by Gasteiger charge is -2.30. The lowest BCUT2D eigenvalue weighted by molar-refractivity contribution is -0.0517. The first kappa shape index (κ1) is 29.7. The van der Waals surface area contributed by atoms with E-state index < -0.39 is 11.2 Å². The van der Waals surface area contributed by atoms with Crippen LogP contribution >= 0.6 is 0 Å². The summed E-state index contributed by atoms with van der Waals surface area (Å²) in [7, 11) is 1.63. The zero-order valence-corrected chi connectivity index (χ0v) is 25.5. The van der Waals surface area contributed by atoms with Crippen molar-refractivity contribution in [1.29, 1.82) is 0 Å². The Hall–Kier alpha value is -5.31. The van der Waals surface area contributed by atoms with Crippen molar-refractivity contribution in [1.82, 2.24) is 0 Å². The zero-order valence-electron chi connectivity index (χ0n) is 25.5. The third kappa shape index (κ3) is 5.93. The predicted molar refractivity (Wildman–Crippen MR) is 169 cm³/mol. The Balaban J connectivity index is 0.000000167. The number of esters is 1. The maximum absolute atomic E-state index is 12.4. The van der Waals surface area contributed by atoms with Crippen molar-refractivity contribution in [2.75, 3.05) is 7.11 Å². The van der Waals surface area contributed by atoms with Crippen molar-refractivity contribution in [3.05, 3.63) is 117 Å². The van der Waals surface area contributed by atoms with Crippen LogP contribution in [0.5, 0.6) is 11.5 Å². The SMILES string of the molecule is CC(C)(OC(=O)c1ccccc1)C1Cc2cc3ccc(=O)oc3cc2O1.COc1c(C(C)C)oc2cc3oc(=O)ccc3cc12. The summed E-state index contributed by atoms with van der Waals surface area (Å²) in [6.45, 7) is 7.76. The van der Waals surface area contributed by atoms with Gasteiger partial charge in [0.1, 0.15) is 40.0 Å². The van der Waals surface area contributed by atoms with Crippen molar-refractivity contribution in [2.24, 2.45) is 0 Å². The zero-order chi connectivity index (χ0) is 31.9. The van der Waals surface area contributed by atoms with Gasteiger partial charge < -0.3 is 27.5 Å². The minimum absolute atomic E-state index is 0.220. The van der Waals surface area contributed by atoms with E-state index in [1.165, 1.54) is 12.1 Å². The molecule has 230 valence electrons. The lowest BCUT2D eigenvalue weighted by Crippen LogP contribution is -2.43. The fourth-order valence-corrected chi connectivity index (χ4v) is 5.38. The number of benzene rings is 3. The molecule has 1 unspecified atom stereocenters. The standard InChI is InChI=1S/C21H18O5.C15H14O4/c1-21(2,26-20(23)13-6-4-3-5-7-13)18-11-15-10-14-8-9-19(22)25-16(14)12-17(15)24-18;1-8(2)14-15(17-3)10-6-9-4-5-13(16)18-11(9)7-12(10)19-14/h3-10,12,18H,11H2,1-2H3;4-8H,1-3H3. The van der Waals surface area contributed by atoms with Gasteiger partial charge in [0.05, 0.1) is 18.1 Å². The molecule has 0 spiro atoms. The molecule has 7 rings (SSSR count). The summed E-state index contributed by atoms with van der Waals surface area (Å²) in [4.78, 5) is 35.0. The van der Waals surface area contributed by atoms with Crippen molar-refractivity contribution < 1.29 is 32.3 Å². The molecule has 6 aromatic rings. The molecule has 0 amide bonds. The van der Waals surface area contributed by atoms with Gasteiger partial charge in [0.25, 0.3) is 0 Å². The Labute approximate surface area is 257 Å². The molecule has 0 fully saturated rings. The number of rotatable bonds is 5. The van der Waals surface area contributed by atoms with Crippen LogP contribution in [0.3, 0.4) is 0 Å². The van der Waals surface area contributed by atoms with Crippen LogP contribution in [0.1, 0.15) is 55.3 Å². The van der Waals surface area contributed by atoms with E-state index in [-0.39, 0.29) is 23.6 Å². The summed E-state index contributed by atoms with van der Waals surface area (Å²) in [5, 5.41) is 2.58. The Morgan fingerprint density at radius 3 is 2.11 bits per heavy atom. The van der Waals surface area contributed by atoms with Crippen molar-refractivity contribution in [3.63, 3.8) is 0 Å². The Bertz CT molecular complexity index is 2150. The average Bonchev–Trinajstić information content (AvgIpc) is 3.60. The van der Waals surface area contributed by atoms with Crippen molar-refractivity contribution in [2.45, 2.75) is 51.7 Å². The molecule has 4 heterocycles. The van der Waals surface area contributed by atoms with Gasteiger partial charge in [-0.15, -0.1) is 0 Å². The molecule has 1 atom stereocenters. The van der Waals surface area contributed by atoms with Gasteiger partial charge >= 0.3 is 17.2 Å². The first-order valence-electron chi connectivity index (χ1n) is 14.6. The molecule has 9 nitrogen and oxygen atoms in total. The molecule has 3 aromatic heterocycles. The van der Waals surface area contributed by atoms with Crippen LogP contribution < -0.4 is 20.7 Å². The van der Waals surface area contributed by atoms with Gasteiger partial charge in [-0.05, 0) is 55.8 Å². The van der Waals surface area contributed by atoms with Gasteiger partial charge in [-0.2, -0.15) is 0 Å². The highest BCUT2D eigenvalue weighted by atomic mass is 16.6. The van der Waals surface area contributed by atoms with E-state index in [0.29, 0.717) is 34.5 Å². The van der Waals surface area contributed by atoms with E-state index in [4.69, 9.17) is 27.5 Å². The maximum atomic E-state index is 12.4. The van der Waals surface area contributed by atoms with E-state index in [1.54, 1.807) is 55.6 Å². The molecule has 45 heavy (non-hydrogen) atoms. The van der Waals surface area contributed by atoms with E-state index in [2.05, 4.69) is 0 Å².